The molecule has 1 amide bonds. The molecule has 0 fully saturated rings. The van der Waals surface area contributed by atoms with Crippen molar-refractivity contribution in [2.45, 2.75) is 106 Å². The van der Waals surface area contributed by atoms with Crippen molar-refractivity contribution in [1.29, 1.82) is 0 Å². The number of hydrogen-bond donors (Lipinski definition) is 4. The van der Waals surface area contributed by atoms with Crippen LogP contribution >= 0.6 is 0 Å². The van der Waals surface area contributed by atoms with E-state index in [4.69, 9.17) is 15.2 Å². The van der Waals surface area contributed by atoms with Crippen molar-refractivity contribution in [3.05, 3.63) is 71.3 Å². The lowest BCUT2D eigenvalue weighted by Crippen LogP contribution is -2.40. The van der Waals surface area contributed by atoms with Gasteiger partial charge >= 0.3 is 0 Å². The minimum Gasteiger partial charge on any atom is -0.474 e. The van der Waals surface area contributed by atoms with Crippen LogP contribution in [-0.4, -0.2) is 59.0 Å². The summed E-state index contributed by atoms with van der Waals surface area (Å²) >= 11 is 0. The maximum atomic E-state index is 13.1. The van der Waals surface area contributed by atoms with E-state index in [1.165, 1.54) is 18.3 Å². The minimum atomic E-state index is -0.253. The Balaban J connectivity index is 0.000000320. The number of halogens is 1. The third-order valence-electron chi connectivity index (χ3n) is 7.61. The lowest BCUT2D eigenvalue weighted by molar-refractivity contribution is -0.121. The predicted molar refractivity (Wildman–Crippen MR) is 205 cm³/mol. The lowest BCUT2D eigenvalue weighted by atomic mass is 9.78. The van der Waals surface area contributed by atoms with E-state index in [0.29, 0.717) is 36.5 Å². The van der Waals surface area contributed by atoms with Gasteiger partial charge in [0.2, 0.25) is 11.8 Å². The quantitative estimate of drug-likeness (QED) is 0.185. The van der Waals surface area contributed by atoms with E-state index in [9.17, 15) is 14.0 Å². The summed E-state index contributed by atoms with van der Waals surface area (Å²) < 4.78 is 24.0. The van der Waals surface area contributed by atoms with Crippen LogP contribution in [0.5, 0.6) is 11.8 Å². The number of pyridine rings is 2. The van der Waals surface area contributed by atoms with Crippen molar-refractivity contribution in [2.24, 2.45) is 17.6 Å². The number of anilines is 2. The van der Waals surface area contributed by atoms with Gasteiger partial charge < -0.3 is 31.2 Å². The topological polar surface area (TPSA) is 140 Å². The smallest absolute Gasteiger partial charge is 0.253 e. The number of nitrogens with zero attached hydrogens (tertiary/aromatic N) is 2. The summed E-state index contributed by atoms with van der Waals surface area (Å²) in [6.45, 7) is 24.2. The van der Waals surface area contributed by atoms with Crippen LogP contribution in [-0.2, 0) is 11.2 Å². The van der Waals surface area contributed by atoms with E-state index in [-0.39, 0.29) is 40.4 Å². The summed E-state index contributed by atoms with van der Waals surface area (Å²) in [7, 11) is 0. The second-order valence-electron chi connectivity index (χ2n) is 15.0. The molecule has 11 heteroatoms. The zero-order valence-electron chi connectivity index (χ0n) is 32.6. The van der Waals surface area contributed by atoms with Gasteiger partial charge in [0, 0.05) is 42.5 Å². The van der Waals surface area contributed by atoms with E-state index in [2.05, 4.69) is 38.9 Å². The van der Waals surface area contributed by atoms with Crippen LogP contribution < -0.4 is 31.2 Å². The number of nitrogens with one attached hydrogen (secondary N) is 3. The largest absolute Gasteiger partial charge is 0.474 e. The number of carbonyl (C=O) groups is 2. The van der Waals surface area contributed by atoms with Gasteiger partial charge in [0.15, 0.2) is 0 Å². The molecule has 3 unspecified atom stereocenters. The van der Waals surface area contributed by atoms with Crippen LogP contribution in [0.2, 0.25) is 0 Å². The SMILES string of the molecule is CC.CC(=O)C(C)C(CC(C)Cc1ccc(F)cc1)c1cnc2c(c1)NCCO2.CC(C)(C)N.CC(C)(C)NC(=O)c1cnc2c(c1)NCCO2. The van der Waals surface area contributed by atoms with Gasteiger partial charge in [0.05, 0.1) is 16.9 Å². The molecule has 2 aliphatic heterocycles. The molecule has 0 radical (unpaired) electrons. The number of aromatic nitrogens is 2. The molecule has 0 aliphatic carbocycles. The Morgan fingerprint density at radius 1 is 0.902 bits per heavy atom. The maximum Gasteiger partial charge on any atom is 0.253 e. The van der Waals surface area contributed by atoms with Crippen molar-refractivity contribution in [2.75, 3.05) is 36.9 Å². The molecule has 2 aromatic heterocycles. The molecule has 3 atom stereocenters. The van der Waals surface area contributed by atoms with Crippen LogP contribution in [0.3, 0.4) is 0 Å². The number of ketones is 1. The fraction of sp³-hybridized carbons (Fsp3) is 0.550. The Hall–Kier alpha value is -4.25. The molecule has 51 heavy (non-hydrogen) atoms. The highest BCUT2D eigenvalue weighted by Gasteiger charge is 2.27. The summed E-state index contributed by atoms with van der Waals surface area (Å²) in [5.74, 6) is 1.36. The number of benzene rings is 1. The first kappa shape index (κ1) is 42.9. The summed E-state index contributed by atoms with van der Waals surface area (Å²) in [4.78, 5) is 32.6. The molecule has 0 saturated heterocycles. The van der Waals surface area contributed by atoms with Gasteiger partial charge in [0.25, 0.3) is 5.91 Å². The zero-order chi connectivity index (χ0) is 38.4. The number of ether oxygens (including phenoxy) is 2. The van der Waals surface area contributed by atoms with Crippen LogP contribution in [0.25, 0.3) is 0 Å². The molecule has 1 aromatic carbocycles. The second kappa shape index (κ2) is 20.0. The molecule has 282 valence electrons. The highest BCUT2D eigenvalue weighted by molar-refractivity contribution is 5.95. The van der Waals surface area contributed by atoms with Gasteiger partial charge in [-0.25, -0.2) is 14.4 Å². The normalized spacial score (nSPS) is 14.8. The van der Waals surface area contributed by atoms with Crippen molar-refractivity contribution >= 4 is 23.1 Å². The highest BCUT2D eigenvalue weighted by Crippen LogP contribution is 2.36. The lowest BCUT2D eigenvalue weighted by Gasteiger charge is -2.27. The number of Topliss-reactive ketones (excluding diaryl/α,β-unsaturated/α-hetero) is 1. The maximum absolute atomic E-state index is 13.1. The van der Waals surface area contributed by atoms with Gasteiger partial charge in [-0.15, -0.1) is 0 Å². The average Bonchev–Trinajstić information content (AvgIpc) is 3.07. The van der Waals surface area contributed by atoms with Crippen molar-refractivity contribution in [3.63, 3.8) is 0 Å². The Morgan fingerprint density at radius 3 is 1.92 bits per heavy atom. The van der Waals surface area contributed by atoms with Gasteiger partial charge in [-0.2, -0.15) is 0 Å². The molecule has 5 N–H and O–H groups in total. The summed E-state index contributed by atoms with van der Waals surface area (Å²) in [6.07, 6.45) is 5.08. The van der Waals surface area contributed by atoms with E-state index < -0.39 is 0 Å². The van der Waals surface area contributed by atoms with Gasteiger partial charge in [-0.05, 0) is 109 Å². The van der Waals surface area contributed by atoms with Crippen LogP contribution in [0, 0.1) is 17.7 Å². The number of carbonyl (C=O) groups excluding carboxylic acids is 2. The van der Waals surface area contributed by atoms with E-state index in [1.807, 2.05) is 80.6 Å². The summed E-state index contributed by atoms with van der Waals surface area (Å²) in [5, 5.41) is 9.36. The molecule has 2 aliphatic rings. The first-order valence-corrected chi connectivity index (χ1v) is 18.0. The fourth-order valence-corrected chi connectivity index (χ4v) is 5.26. The molecule has 5 rings (SSSR count). The zero-order valence-corrected chi connectivity index (χ0v) is 32.6. The molecule has 0 saturated carbocycles. The summed E-state index contributed by atoms with van der Waals surface area (Å²) in [5.41, 5.74) is 9.47. The fourth-order valence-electron chi connectivity index (χ4n) is 5.26. The van der Waals surface area contributed by atoms with E-state index in [0.717, 1.165) is 48.4 Å². The number of amides is 1. The molecule has 0 spiro atoms. The van der Waals surface area contributed by atoms with Crippen molar-refractivity contribution in [1.82, 2.24) is 15.3 Å². The predicted octanol–water partition coefficient (Wildman–Crippen LogP) is 7.79. The third-order valence-corrected chi connectivity index (χ3v) is 7.61. The van der Waals surface area contributed by atoms with Crippen molar-refractivity contribution < 1.29 is 23.5 Å². The average molecular weight is 709 g/mol. The highest BCUT2D eigenvalue weighted by atomic mass is 19.1. The molecule has 4 heterocycles. The van der Waals surface area contributed by atoms with Crippen LogP contribution in [0.15, 0.2) is 48.8 Å². The monoisotopic (exact) mass is 708 g/mol. The van der Waals surface area contributed by atoms with Gasteiger partial charge in [0.1, 0.15) is 24.8 Å². The van der Waals surface area contributed by atoms with Crippen molar-refractivity contribution in [3.8, 4) is 11.8 Å². The number of fused-ring (bicyclic) bond motifs is 2. The van der Waals surface area contributed by atoms with Gasteiger partial charge in [-0.1, -0.05) is 39.8 Å². The second-order valence-corrected chi connectivity index (χ2v) is 15.0. The van der Waals surface area contributed by atoms with Crippen LogP contribution in [0.1, 0.15) is 110 Å². The molecule has 3 aromatic rings. The molecule has 0 bridgehead atoms. The first-order valence-electron chi connectivity index (χ1n) is 18.0. The Bertz CT molecular complexity index is 1530. The van der Waals surface area contributed by atoms with E-state index >= 15 is 0 Å². The minimum absolute atomic E-state index is 0. The molecular formula is C40H61FN6O4. The Labute approximate surface area is 304 Å². The third kappa shape index (κ3) is 15.7. The number of nitrogens with two attached hydrogens (primary N) is 1. The van der Waals surface area contributed by atoms with E-state index in [1.54, 1.807) is 13.0 Å². The van der Waals surface area contributed by atoms with Gasteiger partial charge in [-0.3, -0.25) is 9.59 Å². The van der Waals surface area contributed by atoms with Crippen LogP contribution in [0.4, 0.5) is 15.8 Å². The molecular weight excluding hydrogens is 647 g/mol. The first-order chi connectivity index (χ1) is 23.9. The standard InChI is InChI=1S/C22H27FN2O2.C12H17N3O2.C4H11N.C2H6/c1-14(10-17-4-6-19(23)7-5-17)11-20(15(2)16(3)26)18-12-21-22(25-13-18)27-9-8-24-21;1-12(2,3)15-10(16)8-6-9-11(14-7-8)17-5-4-13-9;1-4(2,3)5;1-2/h4-7,12-15,20,24H,8-11H2,1-3H3;6-7,13H,4-5H2,1-3H3,(H,15,16);5H2,1-3H3;1-2H3. The summed E-state index contributed by atoms with van der Waals surface area (Å²) in [6, 6.07) is 10.5. The number of rotatable bonds is 8. The Kier molecular flexibility index (Phi) is 16.8. The molecule has 10 nitrogen and oxygen atoms in total. The Morgan fingerprint density at radius 2 is 1.41 bits per heavy atom. The number of hydrogen-bond acceptors (Lipinski definition) is 9.